The first-order valence-electron chi connectivity index (χ1n) is 14.9. The van der Waals surface area contributed by atoms with Crippen LogP contribution in [0.4, 0.5) is 17.6 Å². The van der Waals surface area contributed by atoms with Gasteiger partial charge < -0.3 is 41.7 Å². The third-order valence-electron chi connectivity index (χ3n) is 7.52. The molecule has 1 amide bonds. The fourth-order valence-electron chi connectivity index (χ4n) is 5.36. The highest BCUT2D eigenvalue weighted by Gasteiger charge is 2.23. The minimum atomic E-state index is -2.22. The maximum Gasteiger partial charge on any atom is 0.229 e. The Bertz CT molecular complexity index is 1060. The number of aromatic nitrogens is 5. The molecular formula is C26H46N11O3P. The molecule has 0 radical (unpaired) electrons. The standard InChI is InChI=1S/C26H46N11O3P/c27-23-16-24(36-14-8-21(9-15-36)31-25(38)19-41(39)40)33-26(32-23)30-17-22-18-37(35-34-22)13-5-11-28-10-4-12-29-20-6-2-1-3-7-20/h16,18,20-21,28-29,39-40H,1-15,17,19H2,(H,31,38)(H3,27,30,32,33). The number of anilines is 3. The van der Waals surface area contributed by atoms with Crippen LogP contribution in [0.3, 0.4) is 0 Å². The van der Waals surface area contributed by atoms with Gasteiger partial charge in [-0.05, 0) is 58.2 Å². The summed E-state index contributed by atoms with van der Waals surface area (Å²) in [5, 5.41) is 21.8. The third kappa shape index (κ3) is 11.3. The number of nitrogens with zero attached hydrogens (tertiary/aromatic N) is 6. The highest BCUT2D eigenvalue weighted by atomic mass is 31.2. The van der Waals surface area contributed by atoms with Crippen LogP contribution in [0.1, 0.15) is 63.5 Å². The highest BCUT2D eigenvalue weighted by Crippen LogP contribution is 2.23. The normalized spacial score (nSPS) is 16.8. The number of hydrogen-bond donors (Lipinski definition) is 7. The number of nitrogen functional groups attached to an aromatic ring is 1. The van der Waals surface area contributed by atoms with E-state index in [0.717, 1.165) is 69.4 Å². The lowest BCUT2D eigenvalue weighted by Crippen LogP contribution is -2.45. The number of rotatable bonds is 16. The highest BCUT2D eigenvalue weighted by molar-refractivity contribution is 7.46. The Morgan fingerprint density at radius 2 is 1.80 bits per heavy atom. The van der Waals surface area contributed by atoms with Gasteiger partial charge in [0.25, 0.3) is 0 Å². The third-order valence-corrected chi connectivity index (χ3v) is 8.09. The van der Waals surface area contributed by atoms with Crippen LogP contribution in [0.25, 0.3) is 0 Å². The van der Waals surface area contributed by atoms with Crippen LogP contribution >= 0.6 is 8.38 Å². The summed E-state index contributed by atoms with van der Waals surface area (Å²) < 4.78 is 1.86. The fourth-order valence-corrected chi connectivity index (χ4v) is 5.71. The van der Waals surface area contributed by atoms with Gasteiger partial charge in [-0.3, -0.25) is 9.48 Å². The lowest BCUT2D eigenvalue weighted by molar-refractivity contribution is -0.119. The Labute approximate surface area is 243 Å². The summed E-state index contributed by atoms with van der Waals surface area (Å²) in [6.45, 7) is 5.68. The number of nitrogens with two attached hydrogens (primary N) is 1. The number of nitrogens with one attached hydrogen (secondary N) is 4. The predicted octanol–water partition coefficient (Wildman–Crippen LogP) is 0.936. The number of carbonyl (C=O) groups excluding carboxylic acids is 1. The zero-order valence-electron chi connectivity index (χ0n) is 23.8. The first-order valence-corrected chi connectivity index (χ1v) is 16.3. The van der Waals surface area contributed by atoms with Gasteiger partial charge in [-0.2, -0.15) is 9.97 Å². The Morgan fingerprint density at radius 1 is 1.02 bits per heavy atom. The average Bonchev–Trinajstić information content (AvgIpc) is 3.41. The summed E-state index contributed by atoms with van der Waals surface area (Å²) in [6, 6.07) is 2.47. The number of carbonyl (C=O) groups is 1. The first kappa shape index (κ1) is 31.3. The molecule has 0 bridgehead atoms. The van der Waals surface area contributed by atoms with Crippen LogP contribution < -0.4 is 31.9 Å². The predicted molar refractivity (Wildman–Crippen MR) is 160 cm³/mol. The van der Waals surface area contributed by atoms with E-state index in [-0.39, 0.29) is 18.1 Å². The van der Waals surface area contributed by atoms with Crippen molar-refractivity contribution >= 4 is 31.9 Å². The van der Waals surface area contributed by atoms with Crippen molar-refractivity contribution in [3.63, 3.8) is 0 Å². The van der Waals surface area contributed by atoms with Crippen molar-refractivity contribution in [3.05, 3.63) is 18.0 Å². The van der Waals surface area contributed by atoms with E-state index >= 15 is 0 Å². The van der Waals surface area contributed by atoms with E-state index in [1.807, 2.05) is 10.9 Å². The van der Waals surface area contributed by atoms with Gasteiger partial charge in [0, 0.05) is 37.8 Å². The fraction of sp³-hybridized carbons (Fsp3) is 0.731. The second-order valence-corrected chi connectivity index (χ2v) is 12.0. The second kappa shape index (κ2) is 16.7. The van der Waals surface area contributed by atoms with Crippen molar-refractivity contribution in [2.24, 2.45) is 0 Å². The summed E-state index contributed by atoms with van der Waals surface area (Å²) in [6.07, 6.45) is 12.1. The monoisotopic (exact) mass is 591 g/mol. The molecule has 0 spiro atoms. The maximum atomic E-state index is 11.8. The van der Waals surface area contributed by atoms with Crippen molar-refractivity contribution in [2.75, 3.05) is 54.8 Å². The van der Waals surface area contributed by atoms with E-state index < -0.39 is 8.38 Å². The summed E-state index contributed by atoms with van der Waals surface area (Å²) in [7, 11) is -2.22. The van der Waals surface area contributed by atoms with E-state index in [4.69, 9.17) is 15.5 Å². The molecule has 1 aliphatic carbocycles. The van der Waals surface area contributed by atoms with E-state index in [9.17, 15) is 4.79 Å². The topological polar surface area (TPSA) is 191 Å². The second-order valence-electron chi connectivity index (χ2n) is 10.9. The summed E-state index contributed by atoms with van der Waals surface area (Å²) in [5.41, 5.74) is 6.85. The van der Waals surface area contributed by atoms with Crippen LogP contribution in [0, 0.1) is 0 Å². The van der Waals surface area contributed by atoms with Crippen LogP contribution in [0.5, 0.6) is 0 Å². The van der Waals surface area contributed by atoms with Crippen LogP contribution in [0.15, 0.2) is 12.3 Å². The molecule has 4 rings (SSSR count). The number of amides is 1. The van der Waals surface area contributed by atoms with Crippen molar-refractivity contribution in [1.82, 2.24) is 40.9 Å². The van der Waals surface area contributed by atoms with E-state index in [1.54, 1.807) is 6.07 Å². The lowest BCUT2D eigenvalue weighted by atomic mass is 9.95. The maximum absolute atomic E-state index is 11.8. The van der Waals surface area contributed by atoms with Gasteiger partial charge >= 0.3 is 0 Å². The molecule has 1 aliphatic heterocycles. The molecule has 2 aliphatic rings. The molecule has 2 fully saturated rings. The van der Waals surface area contributed by atoms with E-state index in [2.05, 4.69) is 46.4 Å². The molecule has 228 valence electrons. The molecule has 0 unspecified atom stereocenters. The van der Waals surface area contributed by atoms with E-state index in [1.165, 1.54) is 32.1 Å². The SMILES string of the molecule is Nc1cc(N2CCC(NC(=O)CP(O)O)CC2)nc(NCc2cn(CCCNCCCNC3CCCCC3)nn2)n1. The molecular weight excluding hydrogens is 545 g/mol. The molecule has 0 aromatic carbocycles. The molecule has 41 heavy (non-hydrogen) atoms. The zero-order valence-corrected chi connectivity index (χ0v) is 24.7. The van der Waals surface area contributed by atoms with Gasteiger partial charge in [0.15, 0.2) is 8.38 Å². The molecule has 15 heteroatoms. The molecule has 0 atom stereocenters. The molecule has 3 heterocycles. The van der Waals surface area contributed by atoms with Crippen molar-refractivity contribution < 1.29 is 14.6 Å². The summed E-state index contributed by atoms with van der Waals surface area (Å²) >= 11 is 0. The molecule has 1 saturated carbocycles. The van der Waals surface area contributed by atoms with Gasteiger partial charge in [0.2, 0.25) is 11.9 Å². The molecule has 8 N–H and O–H groups in total. The van der Waals surface area contributed by atoms with Crippen molar-refractivity contribution in [1.29, 1.82) is 0 Å². The van der Waals surface area contributed by atoms with Crippen LogP contribution in [-0.2, 0) is 17.9 Å². The largest absolute Gasteiger partial charge is 0.383 e. The van der Waals surface area contributed by atoms with Gasteiger partial charge in [-0.15, -0.1) is 5.10 Å². The lowest BCUT2D eigenvalue weighted by Gasteiger charge is -2.33. The van der Waals surface area contributed by atoms with Crippen molar-refractivity contribution in [3.8, 4) is 0 Å². The number of piperidine rings is 1. The minimum Gasteiger partial charge on any atom is -0.383 e. The Hall–Kier alpha value is -2.64. The van der Waals surface area contributed by atoms with Gasteiger partial charge in [-0.25, -0.2) is 0 Å². The van der Waals surface area contributed by atoms with Gasteiger partial charge in [0.05, 0.1) is 18.9 Å². The van der Waals surface area contributed by atoms with Crippen LogP contribution in [0.2, 0.25) is 0 Å². The quantitative estimate of drug-likeness (QED) is 0.108. The molecule has 2 aromatic heterocycles. The summed E-state index contributed by atoms with van der Waals surface area (Å²) in [5.74, 6) is 1.18. The van der Waals surface area contributed by atoms with Crippen LogP contribution in [-0.4, -0.2) is 91.6 Å². The molecule has 14 nitrogen and oxygen atoms in total. The van der Waals surface area contributed by atoms with Gasteiger partial charge in [-0.1, -0.05) is 24.5 Å². The first-order chi connectivity index (χ1) is 19.9. The zero-order chi connectivity index (χ0) is 28.9. The smallest absolute Gasteiger partial charge is 0.229 e. The number of hydrogen-bond acceptors (Lipinski definition) is 12. The molecule has 1 saturated heterocycles. The minimum absolute atomic E-state index is 0.00266. The van der Waals surface area contributed by atoms with Crippen molar-refractivity contribution in [2.45, 2.75) is 83.0 Å². The van der Waals surface area contributed by atoms with E-state index in [0.29, 0.717) is 31.4 Å². The Morgan fingerprint density at radius 3 is 2.59 bits per heavy atom. The van der Waals surface area contributed by atoms with Gasteiger partial charge in [0.1, 0.15) is 17.3 Å². The number of aryl methyl sites for hydroxylation is 1. The Kier molecular flexibility index (Phi) is 12.8. The average molecular weight is 592 g/mol. The molecule has 2 aromatic rings. The Balaban J connectivity index is 1.11. The summed E-state index contributed by atoms with van der Waals surface area (Å²) in [4.78, 5) is 40.9.